The van der Waals surface area contributed by atoms with Gasteiger partial charge in [0, 0.05) is 34.4 Å². The molecule has 0 spiro atoms. The van der Waals surface area contributed by atoms with Crippen molar-refractivity contribution in [2.75, 3.05) is 19.0 Å². The minimum absolute atomic E-state index is 0.333. The summed E-state index contributed by atoms with van der Waals surface area (Å²) in [4.78, 5) is 7.59. The van der Waals surface area contributed by atoms with Crippen LogP contribution in [0, 0.1) is 0 Å². The molecule has 5 nitrogen and oxygen atoms in total. The van der Waals surface area contributed by atoms with Crippen LogP contribution in [0.3, 0.4) is 0 Å². The lowest BCUT2D eigenvalue weighted by Gasteiger charge is -2.08. The molecule has 0 atom stereocenters. The van der Waals surface area contributed by atoms with E-state index >= 15 is 0 Å². The molecule has 130 valence electrons. The van der Waals surface area contributed by atoms with E-state index < -0.39 is 0 Å². The van der Waals surface area contributed by atoms with Crippen LogP contribution >= 0.6 is 23.2 Å². The molecule has 0 aliphatic rings. The first-order valence-electron chi connectivity index (χ1n) is 7.73. The molecule has 0 saturated heterocycles. The molecule has 0 aliphatic carbocycles. The highest BCUT2D eigenvalue weighted by atomic mass is 35.5. The number of aromatic nitrogens is 1. The fourth-order valence-electron chi connectivity index (χ4n) is 2.59. The fourth-order valence-corrected chi connectivity index (χ4v) is 3.02. The van der Waals surface area contributed by atoms with E-state index in [1.54, 1.807) is 19.2 Å². The quantitative estimate of drug-likeness (QED) is 0.454. The molecule has 25 heavy (non-hydrogen) atoms. The summed E-state index contributed by atoms with van der Waals surface area (Å²) in [7, 11) is 1.57. The Morgan fingerprint density at radius 3 is 2.84 bits per heavy atom. The van der Waals surface area contributed by atoms with Gasteiger partial charge in [0.2, 0.25) is 0 Å². The van der Waals surface area contributed by atoms with Crippen molar-refractivity contribution in [1.29, 1.82) is 0 Å². The summed E-state index contributed by atoms with van der Waals surface area (Å²) in [6.07, 6.45) is 2.73. The van der Waals surface area contributed by atoms with Crippen LogP contribution in [0.1, 0.15) is 5.56 Å². The van der Waals surface area contributed by atoms with E-state index in [0.29, 0.717) is 23.3 Å². The fraction of sp³-hybridized carbons (Fsp3) is 0.167. The summed E-state index contributed by atoms with van der Waals surface area (Å²) in [5, 5.41) is 5.35. The number of hydrogen-bond acceptors (Lipinski definition) is 2. The highest BCUT2D eigenvalue weighted by molar-refractivity contribution is 6.32. The Hall–Kier alpha value is -2.37. The maximum Gasteiger partial charge on any atom is 0.193 e. The van der Waals surface area contributed by atoms with Crippen LogP contribution in [0.4, 0.5) is 5.69 Å². The maximum absolute atomic E-state index is 6.09. The van der Waals surface area contributed by atoms with Gasteiger partial charge in [-0.2, -0.15) is 0 Å². The highest BCUT2D eigenvalue weighted by Gasteiger charge is 2.05. The van der Waals surface area contributed by atoms with Gasteiger partial charge in [-0.3, -0.25) is 4.99 Å². The Morgan fingerprint density at radius 2 is 2.08 bits per heavy atom. The van der Waals surface area contributed by atoms with E-state index in [1.807, 2.05) is 30.5 Å². The zero-order chi connectivity index (χ0) is 17.8. The second kappa shape index (κ2) is 7.68. The van der Waals surface area contributed by atoms with Crippen LogP contribution in [0.15, 0.2) is 47.6 Å². The van der Waals surface area contributed by atoms with E-state index in [9.17, 15) is 0 Å². The van der Waals surface area contributed by atoms with Crippen molar-refractivity contribution >= 4 is 45.8 Å². The standard InChI is InChI=1S/C18H18Cl2N4O/c1-25-17-5-3-13(9-15(17)20)24-18(21)22-7-6-11-10-23-16-4-2-12(19)8-14(11)16/h2-5,8-10,23H,6-7H2,1H3,(H3,21,22,24). The highest BCUT2D eigenvalue weighted by Crippen LogP contribution is 2.27. The Balaban J connectivity index is 1.63. The number of benzene rings is 2. The molecule has 4 N–H and O–H groups in total. The monoisotopic (exact) mass is 376 g/mol. The third kappa shape index (κ3) is 4.18. The number of nitrogens with zero attached hydrogens (tertiary/aromatic N) is 1. The minimum atomic E-state index is 0.333. The largest absolute Gasteiger partial charge is 0.495 e. The number of aliphatic imine (C=N–C) groups is 1. The third-order valence-electron chi connectivity index (χ3n) is 3.82. The molecule has 0 unspecified atom stereocenters. The summed E-state index contributed by atoms with van der Waals surface area (Å²) in [5.74, 6) is 0.944. The van der Waals surface area contributed by atoms with E-state index in [1.165, 1.54) is 0 Å². The zero-order valence-corrected chi connectivity index (χ0v) is 15.2. The van der Waals surface area contributed by atoms with Gasteiger partial charge in [-0.1, -0.05) is 23.2 Å². The average Bonchev–Trinajstić information content (AvgIpc) is 2.97. The van der Waals surface area contributed by atoms with Crippen molar-refractivity contribution in [3.05, 3.63) is 58.2 Å². The average molecular weight is 377 g/mol. The molecule has 0 amide bonds. The molecule has 0 radical (unpaired) electrons. The first kappa shape index (κ1) is 17.5. The van der Waals surface area contributed by atoms with Crippen molar-refractivity contribution < 1.29 is 4.74 Å². The molecule has 0 fully saturated rings. The number of guanidine groups is 1. The lowest BCUT2D eigenvalue weighted by atomic mass is 10.1. The summed E-state index contributed by atoms with van der Waals surface area (Å²) >= 11 is 12.2. The van der Waals surface area contributed by atoms with Crippen LogP contribution in [0.2, 0.25) is 10.0 Å². The Labute approximate surface area is 155 Å². The molecule has 1 heterocycles. The number of aromatic amines is 1. The van der Waals surface area contributed by atoms with Gasteiger partial charge in [0.1, 0.15) is 5.75 Å². The molecular weight excluding hydrogens is 359 g/mol. The number of H-pyrrole nitrogens is 1. The minimum Gasteiger partial charge on any atom is -0.495 e. The Kier molecular flexibility index (Phi) is 5.36. The van der Waals surface area contributed by atoms with Crippen LogP contribution in [0.5, 0.6) is 5.75 Å². The molecule has 0 saturated carbocycles. The smallest absolute Gasteiger partial charge is 0.193 e. The SMILES string of the molecule is COc1ccc(NC(N)=NCCc2c[nH]c3ccc(Cl)cc23)cc1Cl. The topological polar surface area (TPSA) is 75.4 Å². The number of fused-ring (bicyclic) bond motifs is 1. The van der Waals surface area contributed by atoms with Crippen LogP contribution in [-0.4, -0.2) is 24.6 Å². The van der Waals surface area contributed by atoms with Gasteiger partial charge in [-0.05, 0) is 48.4 Å². The predicted molar refractivity (Wildman–Crippen MR) is 105 cm³/mol. The predicted octanol–water partition coefficient (Wildman–Crippen LogP) is 4.45. The van der Waals surface area contributed by atoms with Crippen LogP contribution in [-0.2, 0) is 6.42 Å². The van der Waals surface area contributed by atoms with Gasteiger partial charge < -0.3 is 20.8 Å². The first-order valence-corrected chi connectivity index (χ1v) is 8.48. The van der Waals surface area contributed by atoms with E-state index in [0.717, 1.165) is 33.6 Å². The van der Waals surface area contributed by atoms with Gasteiger partial charge in [0.15, 0.2) is 5.96 Å². The number of nitrogens with one attached hydrogen (secondary N) is 2. The van der Waals surface area contributed by atoms with Crippen molar-refractivity contribution in [2.24, 2.45) is 10.7 Å². The molecule has 2 aromatic carbocycles. The van der Waals surface area contributed by atoms with Crippen molar-refractivity contribution in [2.45, 2.75) is 6.42 Å². The number of methoxy groups -OCH3 is 1. The summed E-state index contributed by atoms with van der Waals surface area (Å²) < 4.78 is 5.12. The van der Waals surface area contributed by atoms with Gasteiger partial charge in [0.05, 0.1) is 12.1 Å². The van der Waals surface area contributed by atoms with E-state index in [4.69, 9.17) is 33.7 Å². The molecular formula is C18H18Cl2N4O. The Morgan fingerprint density at radius 1 is 1.24 bits per heavy atom. The van der Waals surface area contributed by atoms with Crippen molar-refractivity contribution in [1.82, 2.24) is 4.98 Å². The maximum atomic E-state index is 6.09. The molecule has 7 heteroatoms. The molecule has 1 aromatic heterocycles. The number of rotatable bonds is 5. The number of halogens is 2. The van der Waals surface area contributed by atoms with Crippen molar-refractivity contribution in [3.63, 3.8) is 0 Å². The Bertz CT molecular complexity index is 921. The van der Waals surface area contributed by atoms with E-state index in [-0.39, 0.29) is 0 Å². The lowest BCUT2D eigenvalue weighted by Crippen LogP contribution is -2.23. The number of nitrogens with two attached hydrogens (primary N) is 1. The molecule has 3 rings (SSSR count). The second-order valence-corrected chi connectivity index (χ2v) is 6.34. The van der Waals surface area contributed by atoms with Crippen LogP contribution < -0.4 is 15.8 Å². The first-order chi connectivity index (χ1) is 12.1. The summed E-state index contributed by atoms with van der Waals surface area (Å²) in [5.41, 5.74) is 8.91. The van der Waals surface area contributed by atoms with Crippen LogP contribution in [0.25, 0.3) is 10.9 Å². The lowest BCUT2D eigenvalue weighted by molar-refractivity contribution is 0.415. The second-order valence-electron chi connectivity index (χ2n) is 5.50. The normalized spacial score (nSPS) is 11.7. The molecule has 3 aromatic rings. The number of ether oxygens (including phenoxy) is 1. The van der Waals surface area contributed by atoms with Gasteiger partial charge in [0.25, 0.3) is 0 Å². The number of anilines is 1. The number of hydrogen-bond donors (Lipinski definition) is 3. The third-order valence-corrected chi connectivity index (χ3v) is 4.35. The van der Waals surface area contributed by atoms with Gasteiger partial charge >= 0.3 is 0 Å². The summed E-state index contributed by atoms with van der Waals surface area (Å²) in [6, 6.07) is 11.1. The van der Waals surface area contributed by atoms with Gasteiger partial charge in [-0.15, -0.1) is 0 Å². The summed E-state index contributed by atoms with van der Waals surface area (Å²) in [6.45, 7) is 0.558. The van der Waals surface area contributed by atoms with Gasteiger partial charge in [-0.25, -0.2) is 0 Å². The zero-order valence-electron chi connectivity index (χ0n) is 13.6. The molecule has 0 aliphatic heterocycles. The van der Waals surface area contributed by atoms with E-state index in [2.05, 4.69) is 15.3 Å². The van der Waals surface area contributed by atoms with Crippen molar-refractivity contribution in [3.8, 4) is 5.75 Å². The molecule has 0 bridgehead atoms.